The highest BCUT2D eigenvalue weighted by Gasteiger charge is 1.94. The van der Waals surface area contributed by atoms with E-state index in [1.54, 1.807) is 14.2 Å². The van der Waals surface area contributed by atoms with Crippen LogP contribution in [0.2, 0.25) is 0 Å². The van der Waals surface area contributed by atoms with Crippen molar-refractivity contribution in [1.29, 1.82) is 0 Å². The zero-order valence-electron chi connectivity index (χ0n) is 9.29. The van der Waals surface area contributed by atoms with Gasteiger partial charge >= 0.3 is 0 Å². The van der Waals surface area contributed by atoms with Crippen LogP contribution in [0.4, 0.5) is 0 Å². The number of ether oxygens (including phenoxy) is 4. The van der Waals surface area contributed by atoms with Crippen LogP contribution < -0.4 is 0 Å². The van der Waals surface area contributed by atoms with Gasteiger partial charge in [-0.2, -0.15) is 0 Å². The lowest BCUT2D eigenvalue weighted by Crippen LogP contribution is -2.06. The van der Waals surface area contributed by atoms with E-state index in [2.05, 4.69) is 0 Å². The Hall–Kier alpha value is -0.160. The topological polar surface area (TPSA) is 36.9 Å². The first-order valence-corrected chi connectivity index (χ1v) is 5.05. The lowest BCUT2D eigenvalue weighted by atomic mass is 10.4. The maximum atomic E-state index is 5.06. The molecule has 0 atom stereocenters. The van der Waals surface area contributed by atoms with Gasteiger partial charge in [0.1, 0.15) is 0 Å². The van der Waals surface area contributed by atoms with Crippen LogP contribution in [-0.4, -0.2) is 53.9 Å². The molecule has 0 bridgehead atoms. The molecule has 0 N–H and O–H groups in total. The number of hydrogen-bond donors (Lipinski definition) is 0. The smallest absolute Gasteiger partial charge is 0.0701 e. The molecule has 1 fully saturated rings. The van der Waals surface area contributed by atoms with Crippen molar-refractivity contribution in [3.63, 3.8) is 0 Å². The number of rotatable bonds is 6. The minimum absolute atomic E-state index is 0.653. The van der Waals surface area contributed by atoms with E-state index in [-0.39, 0.29) is 0 Å². The molecule has 0 unspecified atom stereocenters. The van der Waals surface area contributed by atoms with Crippen molar-refractivity contribution >= 4 is 0 Å². The molecule has 1 rings (SSSR count). The molecule has 0 aliphatic carbocycles. The molecule has 0 amide bonds. The fraction of sp³-hybridized carbons (Fsp3) is 1.00. The molecule has 14 heavy (non-hydrogen) atoms. The fourth-order valence-electron chi connectivity index (χ4n) is 0.897. The number of methoxy groups -OCH3 is 2. The first kappa shape index (κ1) is 13.8. The SMILES string of the molecule is C1CCOC1.COCCOCCOC. The molecule has 0 aromatic carbocycles. The normalized spacial score (nSPS) is 15.0. The lowest BCUT2D eigenvalue weighted by molar-refractivity contribution is 0.0385. The second-order valence-electron chi connectivity index (χ2n) is 2.92. The minimum atomic E-state index is 0.653. The zero-order valence-corrected chi connectivity index (χ0v) is 9.29. The summed E-state index contributed by atoms with van der Waals surface area (Å²) in [5.74, 6) is 0. The molecule has 86 valence electrons. The van der Waals surface area contributed by atoms with Gasteiger partial charge in [-0.25, -0.2) is 0 Å². The van der Waals surface area contributed by atoms with Crippen LogP contribution in [0.15, 0.2) is 0 Å². The molecule has 0 radical (unpaired) electrons. The Morgan fingerprint density at radius 2 is 1.36 bits per heavy atom. The average Bonchev–Trinajstić information content (AvgIpc) is 2.76. The average molecular weight is 206 g/mol. The monoisotopic (exact) mass is 206 g/mol. The van der Waals surface area contributed by atoms with Gasteiger partial charge in [-0.3, -0.25) is 0 Å². The summed E-state index contributed by atoms with van der Waals surface area (Å²) in [7, 11) is 3.30. The summed E-state index contributed by atoms with van der Waals surface area (Å²) in [6.45, 7) is 4.62. The Labute approximate surface area is 86.5 Å². The van der Waals surface area contributed by atoms with Gasteiger partial charge in [-0.05, 0) is 12.8 Å². The van der Waals surface area contributed by atoms with Gasteiger partial charge in [0.15, 0.2) is 0 Å². The summed E-state index contributed by atoms with van der Waals surface area (Å²) in [4.78, 5) is 0. The summed E-state index contributed by atoms with van der Waals surface area (Å²) in [6, 6.07) is 0. The van der Waals surface area contributed by atoms with Crippen LogP contribution in [-0.2, 0) is 18.9 Å². The Morgan fingerprint density at radius 3 is 1.64 bits per heavy atom. The second-order valence-corrected chi connectivity index (χ2v) is 2.92. The summed E-state index contributed by atoms with van der Waals surface area (Å²) in [5.41, 5.74) is 0. The van der Waals surface area contributed by atoms with E-state index in [4.69, 9.17) is 18.9 Å². The van der Waals surface area contributed by atoms with E-state index in [1.807, 2.05) is 0 Å². The predicted octanol–water partition coefficient (Wildman–Crippen LogP) is 1.09. The van der Waals surface area contributed by atoms with Crippen LogP contribution in [0.5, 0.6) is 0 Å². The summed E-state index contributed by atoms with van der Waals surface area (Å²) in [5, 5.41) is 0. The molecule has 0 saturated carbocycles. The van der Waals surface area contributed by atoms with Crippen LogP contribution in [0, 0.1) is 0 Å². The van der Waals surface area contributed by atoms with Gasteiger partial charge in [0.05, 0.1) is 26.4 Å². The van der Waals surface area contributed by atoms with Gasteiger partial charge in [-0.15, -0.1) is 0 Å². The molecule has 0 aromatic rings. The summed E-state index contributed by atoms with van der Waals surface area (Å²) >= 11 is 0. The molecule has 4 nitrogen and oxygen atoms in total. The van der Waals surface area contributed by atoms with E-state index in [0.29, 0.717) is 26.4 Å². The highest BCUT2D eigenvalue weighted by molar-refractivity contribution is 4.43. The van der Waals surface area contributed by atoms with Crippen molar-refractivity contribution in [1.82, 2.24) is 0 Å². The summed E-state index contributed by atoms with van der Waals surface area (Å²) in [6.07, 6.45) is 2.56. The highest BCUT2D eigenvalue weighted by Crippen LogP contribution is 1.98. The molecule has 1 aliphatic rings. The Balaban J connectivity index is 0.000000280. The molecule has 4 heteroatoms. The van der Waals surface area contributed by atoms with Gasteiger partial charge in [-0.1, -0.05) is 0 Å². The molecule has 0 spiro atoms. The van der Waals surface area contributed by atoms with Crippen molar-refractivity contribution in [3.8, 4) is 0 Å². The molecule has 1 saturated heterocycles. The van der Waals surface area contributed by atoms with Crippen LogP contribution in [0.25, 0.3) is 0 Å². The van der Waals surface area contributed by atoms with E-state index in [1.165, 1.54) is 12.8 Å². The van der Waals surface area contributed by atoms with Gasteiger partial charge in [0.25, 0.3) is 0 Å². The molecular weight excluding hydrogens is 184 g/mol. The molecule has 1 aliphatic heterocycles. The summed E-state index contributed by atoms with van der Waals surface area (Å²) < 4.78 is 19.5. The minimum Gasteiger partial charge on any atom is -0.382 e. The quantitative estimate of drug-likeness (QED) is 0.610. The third-order valence-electron chi connectivity index (χ3n) is 1.69. The van der Waals surface area contributed by atoms with Crippen LogP contribution in [0.1, 0.15) is 12.8 Å². The maximum Gasteiger partial charge on any atom is 0.0701 e. The van der Waals surface area contributed by atoms with E-state index in [9.17, 15) is 0 Å². The Kier molecular flexibility index (Phi) is 12.7. The van der Waals surface area contributed by atoms with Gasteiger partial charge in [0.2, 0.25) is 0 Å². The largest absolute Gasteiger partial charge is 0.382 e. The fourth-order valence-corrected chi connectivity index (χ4v) is 0.897. The van der Waals surface area contributed by atoms with Crippen molar-refractivity contribution in [2.24, 2.45) is 0 Å². The molecular formula is C10H22O4. The third-order valence-corrected chi connectivity index (χ3v) is 1.69. The van der Waals surface area contributed by atoms with Gasteiger partial charge in [0, 0.05) is 27.4 Å². The first-order chi connectivity index (χ1) is 6.91. The first-order valence-electron chi connectivity index (χ1n) is 5.05. The number of hydrogen-bond acceptors (Lipinski definition) is 4. The molecule has 0 aromatic heterocycles. The van der Waals surface area contributed by atoms with E-state index in [0.717, 1.165) is 13.2 Å². The maximum absolute atomic E-state index is 5.06. The van der Waals surface area contributed by atoms with Crippen molar-refractivity contribution in [3.05, 3.63) is 0 Å². The second kappa shape index (κ2) is 12.8. The van der Waals surface area contributed by atoms with Crippen molar-refractivity contribution < 1.29 is 18.9 Å². The van der Waals surface area contributed by atoms with Crippen LogP contribution in [0.3, 0.4) is 0 Å². The van der Waals surface area contributed by atoms with Crippen LogP contribution >= 0.6 is 0 Å². The molecule has 1 heterocycles. The zero-order chi connectivity index (χ0) is 10.5. The van der Waals surface area contributed by atoms with Crippen molar-refractivity contribution in [2.75, 3.05) is 53.9 Å². The van der Waals surface area contributed by atoms with Crippen molar-refractivity contribution in [2.45, 2.75) is 12.8 Å². The predicted molar refractivity (Wildman–Crippen MR) is 54.6 cm³/mol. The van der Waals surface area contributed by atoms with Gasteiger partial charge < -0.3 is 18.9 Å². The standard InChI is InChI=1S/C6H14O3.C4H8O/c1-7-3-5-9-6-4-8-2;1-2-4-5-3-1/h3-6H2,1-2H3;1-4H2. The highest BCUT2D eigenvalue weighted by atomic mass is 16.5. The van der Waals surface area contributed by atoms with E-state index < -0.39 is 0 Å². The Morgan fingerprint density at radius 1 is 0.857 bits per heavy atom. The third kappa shape index (κ3) is 11.8. The Bertz CT molecular complexity index is 80.5. The van der Waals surface area contributed by atoms with E-state index >= 15 is 0 Å². The lowest BCUT2D eigenvalue weighted by Gasteiger charge is -2.00.